The highest BCUT2D eigenvalue weighted by molar-refractivity contribution is 7.89. The number of rotatable bonds is 5. The van der Waals surface area contributed by atoms with Crippen LogP contribution in [0, 0.1) is 20.8 Å². The van der Waals surface area contributed by atoms with Crippen LogP contribution in [-0.4, -0.2) is 39.4 Å². The van der Waals surface area contributed by atoms with Gasteiger partial charge in [-0.15, -0.1) is 0 Å². The lowest BCUT2D eigenvalue weighted by atomic mass is 10.1. The van der Waals surface area contributed by atoms with Crippen molar-refractivity contribution in [2.24, 2.45) is 0 Å². The molecule has 2 N–H and O–H groups in total. The van der Waals surface area contributed by atoms with E-state index in [2.05, 4.69) is 4.74 Å². The zero-order chi connectivity index (χ0) is 16.4. The third-order valence-corrected chi connectivity index (χ3v) is 5.63. The molecule has 21 heavy (non-hydrogen) atoms. The lowest BCUT2D eigenvalue weighted by Gasteiger charge is -2.21. The normalized spacial score (nSPS) is 11.7. The van der Waals surface area contributed by atoms with Gasteiger partial charge in [-0.3, -0.25) is 4.79 Å². The van der Waals surface area contributed by atoms with Crippen molar-refractivity contribution < 1.29 is 17.9 Å². The average Bonchev–Trinajstić information content (AvgIpc) is 2.41. The number of nitrogens with two attached hydrogens (primary N) is 1. The fourth-order valence-electron chi connectivity index (χ4n) is 2.21. The quantitative estimate of drug-likeness (QED) is 0.655. The van der Waals surface area contributed by atoms with Gasteiger partial charge in [0.05, 0.1) is 18.4 Å². The Morgan fingerprint density at radius 3 is 2.38 bits per heavy atom. The van der Waals surface area contributed by atoms with Gasteiger partial charge in [-0.1, -0.05) is 6.07 Å². The predicted molar refractivity (Wildman–Crippen MR) is 81.5 cm³/mol. The molecule has 0 bridgehead atoms. The number of esters is 1. The molecule has 1 rings (SSSR count). The Bertz CT molecular complexity index is 653. The van der Waals surface area contributed by atoms with Crippen molar-refractivity contribution >= 4 is 21.7 Å². The SMILES string of the molecule is COC(=O)CCN(C)S(=O)(=O)c1c(C)cc(C)c(N)c1C. The first-order chi connectivity index (χ1) is 9.62. The van der Waals surface area contributed by atoms with E-state index in [-0.39, 0.29) is 17.9 Å². The molecular formula is C14H22N2O4S. The molecule has 0 heterocycles. The van der Waals surface area contributed by atoms with Gasteiger partial charge in [-0.2, -0.15) is 0 Å². The number of hydrogen-bond acceptors (Lipinski definition) is 5. The second-order valence-corrected chi connectivity index (χ2v) is 7.01. The fourth-order valence-corrected chi connectivity index (χ4v) is 3.81. The van der Waals surface area contributed by atoms with Crippen molar-refractivity contribution in [2.75, 3.05) is 26.4 Å². The maximum atomic E-state index is 12.7. The molecule has 0 aliphatic heterocycles. The van der Waals surface area contributed by atoms with Crippen LogP contribution in [0.4, 0.5) is 5.69 Å². The molecule has 1 aromatic carbocycles. The third kappa shape index (κ3) is 3.54. The van der Waals surface area contributed by atoms with Crippen molar-refractivity contribution in [3.8, 4) is 0 Å². The van der Waals surface area contributed by atoms with Gasteiger partial charge in [0.1, 0.15) is 0 Å². The molecule has 0 radical (unpaired) electrons. The van der Waals surface area contributed by atoms with Gasteiger partial charge >= 0.3 is 5.97 Å². The molecule has 0 saturated heterocycles. The summed E-state index contributed by atoms with van der Waals surface area (Å²) in [4.78, 5) is 11.4. The largest absolute Gasteiger partial charge is 0.469 e. The van der Waals surface area contributed by atoms with E-state index in [0.717, 1.165) is 9.87 Å². The Balaban J connectivity index is 3.20. The van der Waals surface area contributed by atoms with Gasteiger partial charge in [0.25, 0.3) is 0 Å². The molecule has 0 fully saturated rings. The minimum absolute atomic E-state index is 0.00562. The fraction of sp³-hybridized carbons (Fsp3) is 0.500. The summed E-state index contributed by atoms with van der Waals surface area (Å²) in [5.74, 6) is -0.450. The van der Waals surface area contributed by atoms with Gasteiger partial charge < -0.3 is 10.5 Å². The topological polar surface area (TPSA) is 89.7 Å². The van der Waals surface area contributed by atoms with Crippen LogP contribution < -0.4 is 5.73 Å². The van der Waals surface area contributed by atoms with Gasteiger partial charge in [0, 0.05) is 19.3 Å². The van der Waals surface area contributed by atoms with Crippen molar-refractivity contribution in [3.05, 3.63) is 22.8 Å². The first-order valence-electron chi connectivity index (χ1n) is 6.52. The van der Waals surface area contributed by atoms with E-state index in [0.29, 0.717) is 16.8 Å². The molecule has 0 unspecified atom stereocenters. The number of carbonyl (C=O) groups excluding carboxylic acids is 1. The highest BCUT2D eigenvalue weighted by Gasteiger charge is 2.26. The molecule has 0 aliphatic carbocycles. The zero-order valence-corrected chi connectivity index (χ0v) is 13.9. The summed E-state index contributed by atoms with van der Waals surface area (Å²) >= 11 is 0. The van der Waals surface area contributed by atoms with Crippen LogP contribution in [0.25, 0.3) is 0 Å². The first-order valence-corrected chi connectivity index (χ1v) is 7.96. The summed E-state index contributed by atoms with van der Waals surface area (Å²) in [6.45, 7) is 5.32. The molecule has 118 valence electrons. The Labute approximate surface area is 125 Å². The number of methoxy groups -OCH3 is 1. The highest BCUT2D eigenvalue weighted by Crippen LogP contribution is 2.29. The minimum atomic E-state index is -3.70. The van der Waals surface area contributed by atoms with Crippen LogP contribution in [-0.2, 0) is 19.6 Å². The summed E-state index contributed by atoms with van der Waals surface area (Å²) in [5, 5.41) is 0. The summed E-state index contributed by atoms with van der Waals surface area (Å²) < 4.78 is 31.0. The van der Waals surface area contributed by atoms with Crippen molar-refractivity contribution in [3.63, 3.8) is 0 Å². The predicted octanol–water partition coefficient (Wildman–Crippen LogP) is 1.38. The van der Waals surface area contributed by atoms with Crippen LogP contribution in [0.1, 0.15) is 23.1 Å². The second-order valence-electron chi connectivity index (χ2n) is 5.03. The highest BCUT2D eigenvalue weighted by atomic mass is 32.2. The number of benzene rings is 1. The lowest BCUT2D eigenvalue weighted by Crippen LogP contribution is -2.30. The molecule has 0 spiro atoms. The van der Waals surface area contributed by atoms with Gasteiger partial charge in [0.15, 0.2) is 0 Å². The summed E-state index contributed by atoms with van der Waals surface area (Å²) in [6, 6.07) is 1.75. The van der Waals surface area contributed by atoms with E-state index < -0.39 is 16.0 Å². The minimum Gasteiger partial charge on any atom is -0.469 e. The molecule has 0 aromatic heterocycles. The monoisotopic (exact) mass is 314 g/mol. The molecule has 1 aromatic rings. The van der Waals surface area contributed by atoms with Crippen LogP contribution in [0.15, 0.2) is 11.0 Å². The van der Waals surface area contributed by atoms with E-state index in [1.807, 2.05) is 6.92 Å². The Kier molecular flexibility index (Phi) is 5.36. The molecule has 0 amide bonds. The maximum Gasteiger partial charge on any atom is 0.306 e. The van der Waals surface area contributed by atoms with Crippen molar-refractivity contribution in [2.45, 2.75) is 32.1 Å². The second kappa shape index (κ2) is 6.44. The molecule has 7 heteroatoms. The van der Waals surface area contributed by atoms with Gasteiger partial charge in [0.2, 0.25) is 10.0 Å². The zero-order valence-electron chi connectivity index (χ0n) is 13.1. The summed E-state index contributed by atoms with van der Waals surface area (Å²) in [7, 11) is -0.991. The Morgan fingerprint density at radius 1 is 1.29 bits per heavy atom. The first kappa shape index (κ1) is 17.5. The van der Waals surface area contributed by atoms with Crippen LogP contribution in [0.2, 0.25) is 0 Å². The number of hydrogen-bond donors (Lipinski definition) is 1. The molecule has 6 nitrogen and oxygen atoms in total. The number of sulfonamides is 1. The number of ether oxygens (including phenoxy) is 1. The number of nitrogen functional groups attached to an aromatic ring is 1. The number of anilines is 1. The lowest BCUT2D eigenvalue weighted by molar-refractivity contribution is -0.140. The molecule has 0 aliphatic rings. The van der Waals surface area contributed by atoms with Crippen molar-refractivity contribution in [1.82, 2.24) is 4.31 Å². The van der Waals surface area contributed by atoms with Crippen LogP contribution in [0.5, 0.6) is 0 Å². The Morgan fingerprint density at radius 2 is 1.86 bits per heavy atom. The van der Waals surface area contributed by atoms with Crippen LogP contribution in [0.3, 0.4) is 0 Å². The van der Waals surface area contributed by atoms with E-state index in [4.69, 9.17) is 5.73 Å². The number of nitrogens with zero attached hydrogens (tertiary/aromatic N) is 1. The Hall–Kier alpha value is -1.60. The molecular weight excluding hydrogens is 292 g/mol. The van der Waals surface area contributed by atoms with Gasteiger partial charge in [-0.25, -0.2) is 12.7 Å². The molecule has 0 atom stereocenters. The van der Waals surface area contributed by atoms with E-state index >= 15 is 0 Å². The van der Waals surface area contributed by atoms with Gasteiger partial charge in [-0.05, 0) is 37.5 Å². The summed E-state index contributed by atoms with van der Waals surface area (Å²) in [5.41, 5.74) is 8.44. The standard InChI is InChI=1S/C14H22N2O4S/c1-9-8-10(2)14(11(3)13(9)15)21(18,19)16(4)7-6-12(17)20-5/h8H,6-7,15H2,1-5H3. The van der Waals surface area contributed by atoms with Crippen LogP contribution >= 0.6 is 0 Å². The van der Waals surface area contributed by atoms with E-state index in [1.165, 1.54) is 14.2 Å². The smallest absolute Gasteiger partial charge is 0.306 e. The van der Waals surface area contributed by atoms with E-state index in [9.17, 15) is 13.2 Å². The number of carbonyl (C=O) groups is 1. The third-order valence-electron chi connectivity index (χ3n) is 3.49. The van der Waals surface area contributed by atoms with E-state index in [1.54, 1.807) is 19.9 Å². The number of aryl methyl sites for hydroxylation is 2. The summed E-state index contributed by atoms with van der Waals surface area (Å²) in [6.07, 6.45) is 0.00562. The van der Waals surface area contributed by atoms with Crippen molar-refractivity contribution in [1.29, 1.82) is 0 Å². The average molecular weight is 314 g/mol. The molecule has 0 saturated carbocycles. The maximum absolute atomic E-state index is 12.7.